The summed E-state index contributed by atoms with van der Waals surface area (Å²) in [5.74, 6) is 0.0591. The highest BCUT2D eigenvalue weighted by Gasteiger charge is 2.24. The molecule has 98 valence electrons. The third kappa shape index (κ3) is 3.14. The molecule has 0 heterocycles. The predicted octanol–water partition coefficient (Wildman–Crippen LogP) is 3.74. The van der Waals surface area contributed by atoms with Gasteiger partial charge in [-0.3, -0.25) is 4.79 Å². The summed E-state index contributed by atoms with van der Waals surface area (Å²) in [6.07, 6.45) is 4.69. The highest BCUT2D eigenvalue weighted by Crippen LogP contribution is 2.25. The molecule has 1 aliphatic rings. The Kier molecular flexibility index (Phi) is 4.44. The van der Waals surface area contributed by atoms with Gasteiger partial charge in [0.2, 0.25) is 0 Å². The maximum atomic E-state index is 12.3. The molecule has 0 bridgehead atoms. The van der Waals surface area contributed by atoms with Crippen LogP contribution in [0, 0.1) is 13.8 Å². The van der Waals surface area contributed by atoms with Gasteiger partial charge < -0.3 is 5.32 Å². The van der Waals surface area contributed by atoms with Gasteiger partial charge in [0, 0.05) is 16.4 Å². The second-order valence-corrected chi connectivity index (χ2v) is 6.37. The summed E-state index contributed by atoms with van der Waals surface area (Å²) in [6.45, 7) is 4.04. The first-order valence-corrected chi connectivity index (χ1v) is 7.51. The number of alkyl halides is 1. The molecule has 1 N–H and O–H groups in total. The molecule has 3 heteroatoms. The summed E-state index contributed by atoms with van der Waals surface area (Å²) < 4.78 is 0. The molecule has 1 amide bonds. The molecule has 0 saturated heterocycles. The second kappa shape index (κ2) is 5.87. The van der Waals surface area contributed by atoms with Crippen molar-refractivity contribution in [1.29, 1.82) is 0 Å². The quantitative estimate of drug-likeness (QED) is 0.828. The van der Waals surface area contributed by atoms with E-state index in [4.69, 9.17) is 0 Å². The van der Waals surface area contributed by atoms with Crippen LogP contribution in [0.1, 0.15) is 47.2 Å². The van der Waals surface area contributed by atoms with Gasteiger partial charge in [-0.05, 0) is 38.3 Å². The summed E-state index contributed by atoms with van der Waals surface area (Å²) in [7, 11) is 0. The van der Waals surface area contributed by atoms with Crippen LogP contribution in [0.3, 0.4) is 0 Å². The maximum absolute atomic E-state index is 12.3. The number of rotatable bonds is 2. The Morgan fingerprint density at radius 3 is 2.67 bits per heavy atom. The molecule has 18 heavy (non-hydrogen) atoms. The van der Waals surface area contributed by atoms with Crippen molar-refractivity contribution >= 4 is 21.8 Å². The summed E-state index contributed by atoms with van der Waals surface area (Å²) in [4.78, 5) is 12.7. The SMILES string of the molecule is Cc1ccc(C(=O)NC2CCCCC2Br)c(C)c1. The zero-order chi connectivity index (χ0) is 13.1. The van der Waals surface area contributed by atoms with Gasteiger partial charge in [0.1, 0.15) is 0 Å². The number of nitrogens with one attached hydrogen (secondary N) is 1. The van der Waals surface area contributed by atoms with E-state index in [0.717, 1.165) is 24.0 Å². The third-order valence-corrected chi connectivity index (χ3v) is 4.72. The molecule has 0 spiro atoms. The van der Waals surface area contributed by atoms with Crippen molar-refractivity contribution in [3.63, 3.8) is 0 Å². The Morgan fingerprint density at radius 2 is 2.00 bits per heavy atom. The molecule has 2 nitrogen and oxygen atoms in total. The fourth-order valence-electron chi connectivity index (χ4n) is 2.56. The monoisotopic (exact) mass is 309 g/mol. The Labute approximate surface area is 117 Å². The van der Waals surface area contributed by atoms with E-state index in [1.807, 2.05) is 26.0 Å². The van der Waals surface area contributed by atoms with Crippen LogP contribution in [0.4, 0.5) is 0 Å². The lowest BCUT2D eigenvalue weighted by molar-refractivity contribution is 0.0929. The van der Waals surface area contributed by atoms with Crippen LogP contribution in [-0.2, 0) is 0 Å². The van der Waals surface area contributed by atoms with E-state index >= 15 is 0 Å². The number of carbonyl (C=O) groups is 1. The molecule has 1 aromatic carbocycles. The summed E-state index contributed by atoms with van der Waals surface area (Å²) in [5.41, 5.74) is 3.04. The van der Waals surface area contributed by atoms with Gasteiger partial charge in [-0.2, -0.15) is 0 Å². The van der Waals surface area contributed by atoms with Crippen LogP contribution in [0.15, 0.2) is 18.2 Å². The molecular weight excluding hydrogens is 290 g/mol. The predicted molar refractivity (Wildman–Crippen MR) is 78.4 cm³/mol. The van der Waals surface area contributed by atoms with Gasteiger partial charge in [0.25, 0.3) is 5.91 Å². The number of carbonyl (C=O) groups excluding carboxylic acids is 1. The first-order valence-electron chi connectivity index (χ1n) is 6.60. The smallest absolute Gasteiger partial charge is 0.251 e. The molecule has 2 unspecified atom stereocenters. The standard InChI is InChI=1S/C15H20BrNO/c1-10-7-8-12(11(2)9-10)15(18)17-14-6-4-3-5-13(14)16/h7-9,13-14H,3-6H2,1-2H3,(H,17,18). The fraction of sp³-hybridized carbons (Fsp3) is 0.533. The third-order valence-electron chi connectivity index (χ3n) is 3.62. The van der Waals surface area contributed by atoms with Crippen LogP contribution in [0.5, 0.6) is 0 Å². The number of aryl methyl sites for hydroxylation is 2. The normalized spacial score (nSPS) is 23.7. The lowest BCUT2D eigenvalue weighted by atomic mass is 9.95. The van der Waals surface area contributed by atoms with Crippen LogP contribution < -0.4 is 5.32 Å². The van der Waals surface area contributed by atoms with Crippen LogP contribution in [0.25, 0.3) is 0 Å². The molecule has 2 rings (SSSR count). The highest BCUT2D eigenvalue weighted by molar-refractivity contribution is 9.09. The van der Waals surface area contributed by atoms with Crippen LogP contribution >= 0.6 is 15.9 Å². The second-order valence-electron chi connectivity index (χ2n) is 5.20. The number of amides is 1. The van der Waals surface area contributed by atoms with E-state index in [0.29, 0.717) is 4.83 Å². The Hall–Kier alpha value is -0.830. The average molecular weight is 310 g/mol. The maximum Gasteiger partial charge on any atom is 0.251 e. The molecule has 1 aliphatic carbocycles. The minimum absolute atomic E-state index is 0.0591. The number of hydrogen-bond donors (Lipinski definition) is 1. The Morgan fingerprint density at radius 1 is 1.28 bits per heavy atom. The largest absolute Gasteiger partial charge is 0.348 e. The molecule has 2 atom stereocenters. The van der Waals surface area contributed by atoms with Gasteiger partial charge in [-0.1, -0.05) is 46.5 Å². The van der Waals surface area contributed by atoms with E-state index in [9.17, 15) is 4.79 Å². The minimum Gasteiger partial charge on any atom is -0.348 e. The number of hydrogen-bond acceptors (Lipinski definition) is 1. The first kappa shape index (κ1) is 13.6. The average Bonchev–Trinajstić information content (AvgIpc) is 2.32. The van der Waals surface area contributed by atoms with Crippen molar-refractivity contribution in [1.82, 2.24) is 5.32 Å². The van der Waals surface area contributed by atoms with Gasteiger partial charge >= 0.3 is 0 Å². The van der Waals surface area contributed by atoms with Gasteiger partial charge in [-0.15, -0.1) is 0 Å². The molecule has 0 aliphatic heterocycles. The summed E-state index contributed by atoms with van der Waals surface area (Å²) in [6, 6.07) is 6.24. The van der Waals surface area contributed by atoms with Crippen molar-refractivity contribution in [2.45, 2.75) is 50.4 Å². The number of benzene rings is 1. The minimum atomic E-state index is 0.0591. The zero-order valence-electron chi connectivity index (χ0n) is 11.0. The zero-order valence-corrected chi connectivity index (χ0v) is 12.6. The van der Waals surface area contributed by atoms with E-state index in [2.05, 4.69) is 27.3 Å². The molecule has 1 fully saturated rings. The lowest BCUT2D eigenvalue weighted by Crippen LogP contribution is -2.42. The molecular formula is C15H20BrNO. The summed E-state index contributed by atoms with van der Waals surface area (Å²) >= 11 is 3.67. The van der Waals surface area contributed by atoms with E-state index in [1.165, 1.54) is 18.4 Å². The van der Waals surface area contributed by atoms with Gasteiger partial charge in [0.15, 0.2) is 0 Å². The molecule has 1 saturated carbocycles. The van der Waals surface area contributed by atoms with E-state index in [1.54, 1.807) is 0 Å². The Balaban J connectivity index is 2.07. The first-order chi connectivity index (χ1) is 8.58. The fourth-order valence-corrected chi connectivity index (χ4v) is 3.28. The topological polar surface area (TPSA) is 29.1 Å². The van der Waals surface area contributed by atoms with Gasteiger partial charge in [0.05, 0.1) is 0 Å². The Bertz CT molecular complexity index is 444. The van der Waals surface area contributed by atoms with Crippen LogP contribution in [0.2, 0.25) is 0 Å². The molecule has 0 radical (unpaired) electrons. The van der Waals surface area contributed by atoms with E-state index < -0.39 is 0 Å². The van der Waals surface area contributed by atoms with Crippen molar-refractivity contribution in [2.24, 2.45) is 0 Å². The highest BCUT2D eigenvalue weighted by atomic mass is 79.9. The number of halogens is 1. The lowest BCUT2D eigenvalue weighted by Gasteiger charge is -2.28. The van der Waals surface area contributed by atoms with Crippen molar-refractivity contribution < 1.29 is 4.79 Å². The van der Waals surface area contributed by atoms with E-state index in [-0.39, 0.29) is 11.9 Å². The van der Waals surface area contributed by atoms with Crippen molar-refractivity contribution in [3.8, 4) is 0 Å². The van der Waals surface area contributed by atoms with Crippen molar-refractivity contribution in [3.05, 3.63) is 34.9 Å². The van der Waals surface area contributed by atoms with Crippen LogP contribution in [-0.4, -0.2) is 16.8 Å². The van der Waals surface area contributed by atoms with Crippen molar-refractivity contribution in [2.75, 3.05) is 0 Å². The summed E-state index contributed by atoms with van der Waals surface area (Å²) in [5, 5.41) is 3.16. The van der Waals surface area contributed by atoms with Gasteiger partial charge in [-0.25, -0.2) is 0 Å². The molecule has 1 aromatic rings. The molecule has 0 aromatic heterocycles.